The molecule has 0 heterocycles. The number of hydrogen-bond donors (Lipinski definition) is 7. The molecule has 0 aromatic heterocycles. The summed E-state index contributed by atoms with van der Waals surface area (Å²) >= 11 is 3.26. The summed E-state index contributed by atoms with van der Waals surface area (Å²) in [5.41, 5.74) is 4.81. The summed E-state index contributed by atoms with van der Waals surface area (Å²) in [5, 5.41) is 45.6. The zero-order chi connectivity index (χ0) is 19.5. The first-order valence-electron chi connectivity index (χ1n) is 7.08. The Labute approximate surface area is 147 Å². The number of primary amides is 1. The number of aliphatic hydroxyl groups is 5. The zero-order valence-electron chi connectivity index (χ0n) is 13.4. The van der Waals surface area contributed by atoms with Gasteiger partial charge in [-0.2, -0.15) is 0 Å². The van der Waals surface area contributed by atoms with Crippen molar-refractivity contribution in [2.24, 2.45) is 5.73 Å². The Hall–Kier alpha value is -1.11. The van der Waals surface area contributed by atoms with E-state index in [4.69, 9.17) is 31.3 Å². The average Bonchev–Trinajstić information content (AvgIpc) is 2.57. The highest BCUT2D eigenvalue weighted by molar-refractivity contribution is 9.10. The fourth-order valence-corrected chi connectivity index (χ4v) is 1.51. The number of nitrogens with two attached hydrogens (primary N) is 1. The molecule has 0 aromatic rings. The molecule has 3 amide bonds. The minimum atomic E-state index is -1.79. The molecule has 0 aliphatic rings. The molecule has 10 nitrogen and oxygen atoms in total. The number of rotatable bonds is 8. The van der Waals surface area contributed by atoms with Crippen molar-refractivity contribution in [2.75, 3.05) is 6.61 Å². The molecule has 0 rings (SSSR count). The van der Waals surface area contributed by atoms with E-state index < -0.39 is 41.4 Å². The molecule has 0 aromatic carbocycles. The van der Waals surface area contributed by atoms with Crippen molar-refractivity contribution < 1.29 is 39.9 Å². The summed E-state index contributed by atoms with van der Waals surface area (Å²) < 4.78 is -0.665. The third-order valence-electron chi connectivity index (χ3n) is 3.19. The third-order valence-corrected chi connectivity index (χ3v) is 4.67. The maximum absolute atomic E-state index is 11.3. The molecule has 8 N–H and O–H groups in total. The second-order valence-electron chi connectivity index (χ2n) is 4.85. The molecule has 142 valence electrons. The van der Waals surface area contributed by atoms with E-state index in [0.717, 1.165) is 0 Å². The van der Waals surface area contributed by atoms with Crippen molar-refractivity contribution in [3.05, 3.63) is 0 Å². The van der Waals surface area contributed by atoms with Gasteiger partial charge in [-0.05, 0) is 12.8 Å². The van der Waals surface area contributed by atoms with Gasteiger partial charge >= 0.3 is 6.03 Å². The lowest BCUT2D eigenvalue weighted by atomic mass is 10.0. The number of amides is 3. The average molecular weight is 417 g/mol. The number of carbonyl (C=O) groups excluding carboxylic acids is 3. The van der Waals surface area contributed by atoms with Crippen LogP contribution in [0.2, 0.25) is 0 Å². The summed E-state index contributed by atoms with van der Waals surface area (Å²) in [7, 11) is 0. The van der Waals surface area contributed by atoms with E-state index >= 15 is 0 Å². The van der Waals surface area contributed by atoms with Crippen molar-refractivity contribution in [2.45, 2.75) is 55.4 Å². The maximum Gasteiger partial charge on any atom is 0.318 e. The molecule has 11 heteroatoms. The second-order valence-corrected chi connectivity index (χ2v) is 6.37. The number of urea groups is 1. The van der Waals surface area contributed by atoms with Gasteiger partial charge in [-0.25, -0.2) is 4.79 Å². The minimum Gasteiger partial charge on any atom is -0.394 e. The summed E-state index contributed by atoms with van der Waals surface area (Å²) in [5.74, 6) is -0.375. The van der Waals surface area contributed by atoms with Gasteiger partial charge in [-0.1, -0.05) is 29.8 Å². The number of halogens is 1. The van der Waals surface area contributed by atoms with Gasteiger partial charge in [0.25, 0.3) is 0 Å². The molecule has 24 heavy (non-hydrogen) atoms. The fraction of sp³-hybridized carbons (Fsp3) is 0.769. The highest BCUT2D eigenvalue weighted by atomic mass is 79.9. The lowest BCUT2D eigenvalue weighted by Gasteiger charge is -2.22. The molecule has 0 radical (unpaired) electrons. The van der Waals surface area contributed by atoms with E-state index in [2.05, 4.69) is 15.9 Å². The van der Waals surface area contributed by atoms with Gasteiger partial charge in [0.15, 0.2) is 6.29 Å². The van der Waals surface area contributed by atoms with Gasteiger partial charge in [0.05, 0.1) is 6.61 Å². The van der Waals surface area contributed by atoms with Gasteiger partial charge < -0.3 is 36.1 Å². The minimum absolute atomic E-state index is 0.0258. The normalized spacial score (nSPS) is 16.0. The number of alkyl halides is 1. The van der Waals surface area contributed by atoms with Crippen LogP contribution in [0.1, 0.15) is 26.7 Å². The monoisotopic (exact) mass is 416 g/mol. The Kier molecular flexibility index (Phi) is 12.9. The lowest BCUT2D eigenvalue weighted by molar-refractivity contribution is -0.136. The molecule has 0 aliphatic heterocycles. The topological polar surface area (TPSA) is 190 Å². The number of imide groups is 1. The Morgan fingerprint density at radius 3 is 1.92 bits per heavy atom. The Morgan fingerprint density at radius 2 is 1.62 bits per heavy atom. The van der Waals surface area contributed by atoms with Crippen molar-refractivity contribution in [3.63, 3.8) is 0 Å². The van der Waals surface area contributed by atoms with Gasteiger partial charge in [0.1, 0.15) is 28.7 Å². The van der Waals surface area contributed by atoms with Crippen LogP contribution in [-0.4, -0.2) is 79.1 Å². The molecular formula is C13H25BrN2O8. The van der Waals surface area contributed by atoms with Crippen LogP contribution in [-0.2, 0) is 9.59 Å². The Balaban J connectivity index is 0. The van der Waals surface area contributed by atoms with Gasteiger partial charge in [0, 0.05) is 0 Å². The van der Waals surface area contributed by atoms with Crippen molar-refractivity contribution >= 4 is 34.2 Å². The van der Waals surface area contributed by atoms with Crippen LogP contribution in [0.4, 0.5) is 4.79 Å². The number of carbonyl (C=O) groups is 3. The van der Waals surface area contributed by atoms with E-state index in [-0.39, 0.29) is 12.2 Å². The molecular weight excluding hydrogens is 392 g/mol. The van der Waals surface area contributed by atoms with E-state index in [1.807, 2.05) is 19.2 Å². The quantitative estimate of drug-likeness (QED) is 0.170. The third kappa shape index (κ3) is 8.66. The van der Waals surface area contributed by atoms with E-state index in [9.17, 15) is 14.4 Å². The van der Waals surface area contributed by atoms with Crippen molar-refractivity contribution in [1.82, 2.24) is 5.32 Å². The molecule has 0 saturated heterocycles. The SMILES string of the molecule is CCC(Br)(CC)C(=O)NC(N)=O.O=C[C@H](O)[C@@H](O)[C@@H](O)[C@H](O)CO. The van der Waals surface area contributed by atoms with Gasteiger partial charge in [-0.15, -0.1) is 0 Å². The van der Waals surface area contributed by atoms with Crippen LogP contribution < -0.4 is 11.1 Å². The number of nitrogens with one attached hydrogen (secondary N) is 1. The Morgan fingerprint density at radius 1 is 1.17 bits per heavy atom. The van der Waals surface area contributed by atoms with Crippen LogP contribution in [0, 0.1) is 0 Å². The van der Waals surface area contributed by atoms with E-state index in [0.29, 0.717) is 12.8 Å². The molecule has 0 fully saturated rings. The Bertz CT molecular complexity index is 405. The highest BCUT2D eigenvalue weighted by Crippen LogP contribution is 2.26. The van der Waals surface area contributed by atoms with Gasteiger partial charge in [0.2, 0.25) is 5.91 Å². The molecule has 0 aliphatic carbocycles. The van der Waals surface area contributed by atoms with Crippen LogP contribution in [0.15, 0.2) is 0 Å². The summed E-state index contributed by atoms with van der Waals surface area (Å²) in [4.78, 5) is 31.5. The first-order valence-corrected chi connectivity index (χ1v) is 7.88. The van der Waals surface area contributed by atoms with E-state index in [1.54, 1.807) is 0 Å². The van der Waals surface area contributed by atoms with Crippen LogP contribution in [0.5, 0.6) is 0 Å². The molecule has 4 atom stereocenters. The van der Waals surface area contributed by atoms with Crippen molar-refractivity contribution in [3.8, 4) is 0 Å². The first-order chi connectivity index (χ1) is 11.0. The van der Waals surface area contributed by atoms with E-state index in [1.165, 1.54) is 0 Å². The van der Waals surface area contributed by atoms with Crippen molar-refractivity contribution in [1.29, 1.82) is 0 Å². The van der Waals surface area contributed by atoms with Crippen LogP contribution in [0.3, 0.4) is 0 Å². The van der Waals surface area contributed by atoms with Crippen LogP contribution in [0.25, 0.3) is 0 Å². The lowest BCUT2D eigenvalue weighted by Crippen LogP contribution is -2.46. The predicted molar refractivity (Wildman–Crippen MR) is 87.1 cm³/mol. The first kappa shape index (κ1) is 25.1. The summed E-state index contributed by atoms with van der Waals surface area (Å²) in [6.45, 7) is 2.96. The van der Waals surface area contributed by atoms with Crippen LogP contribution >= 0.6 is 15.9 Å². The second kappa shape index (κ2) is 12.3. The number of aliphatic hydroxyl groups excluding tert-OH is 5. The standard InChI is InChI=1S/C7H13BrN2O2.C6H12O6/c1-3-7(8,4-2)5(11)10-6(9)12;7-1-3(9)5(11)6(12)4(10)2-8/h3-4H2,1-2H3,(H3,9,10,11,12);1,3-6,8-12H,2H2/t;3-,4+,5+,6-/m.0/s1. The fourth-order valence-electron chi connectivity index (χ4n) is 1.41. The predicted octanol–water partition coefficient (Wildman–Crippen LogP) is -2.24. The largest absolute Gasteiger partial charge is 0.394 e. The molecule has 0 spiro atoms. The summed E-state index contributed by atoms with van der Waals surface area (Å²) in [6, 6.07) is -0.814. The zero-order valence-corrected chi connectivity index (χ0v) is 15.0. The smallest absolute Gasteiger partial charge is 0.318 e. The molecule has 0 unspecified atom stereocenters. The highest BCUT2D eigenvalue weighted by Gasteiger charge is 2.32. The molecule has 0 saturated carbocycles. The maximum atomic E-state index is 11.3. The molecule has 0 bridgehead atoms. The van der Waals surface area contributed by atoms with Gasteiger partial charge in [-0.3, -0.25) is 10.1 Å². The number of hydrogen-bond acceptors (Lipinski definition) is 8. The number of aldehydes is 1. The summed E-state index contributed by atoms with van der Waals surface area (Å²) in [6.07, 6.45) is -5.61.